The van der Waals surface area contributed by atoms with Gasteiger partial charge in [0.25, 0.3) is 15.9 Å². The van der Waals surface area contributed by atoms with E-state index in [2.05, 4.69) is 5.32 Å². The lowest BCUT2D eigenvalue weighted by atomic mass is 10.0. The standard InChI is InChI=1S/C21H20N2O4S2/c1-27-19-8-5-16(6-9-19)21(24)22-18-7-4-15-10-11-23(14-17(15)13-18)29(25,26)20-3-2-12-28-20/h2-9,12-13H,10-11,14H2,1H3,(H,22,24). The van der Waals surface area contributed by atoms with Gasteiger partial charge >= 0.3 is 0 Å². The van der Waals surface area contributed by atoms with Crippen molar-refractivity contribution in [1.29, 1.82) is 0 Å². The van der Waals surface area contributed by atoms with Crippen LogP contribution in [-0.4, -0.2) is 32.3 Å². The number of hydrogen-bond acceptors (Lipinski definition) is 5. The van der Waals surface area contributed by atoms with Gasteiger partial charge in [0, 0.05) is 24.3 Å². The van der Waals surface area contributed by atoms with Crippen LogP contribution in [0.15, 0.2) is 64.2 Å². The third kappa shape index (κ3) is 4.05. The molecule has 3 aromatic rings. The van der Waals surface area contributed by atoms with Gasteiger partial charge in [0.1, 0.15) is 9.96 Å². The molecule has 0 radical (unpaired) electrons. The van der Waals surface area contributed by atoms with Gasteiger partial charge in [0.05, 0.1) is 7.11 Å². The molecule has 0 unspecified atom stereocenters. The van der Waals surface area contributed by atoms with Gasteiger partial charge in [-0.15, -0.1) is 11.3 Å². The zero-order valence-electron chi connectivity index (χ0n) is 15.8. The fourth-order valence-electron chi connectivity index (χ4n) is 3.30. The first-order chi connectivity index (χ1) is 14.0. The molecule has 1 aliphatic heterocycles. The number of carbonyl (C=O) groups excluding carboxylic acids is 1. The first-order valence-corrected chi connectivity index (χ1v) is 11.4. The second kappa shape index (κ2) is 7.98. The number of rotatable bonds is 5. The Balaban J connectivity index is 1.52. The Labute approximate surface area is 173 Å². The number of fused-ring (bicyclic) bond motifs is 1. The van der Waals surface area contributed by atoms with Gasteiger partial charge in [-0.25, -0.2) is 8.42 Å². The molecular formula is C21H20N2O4S2. The van der Waals surface area contributed by atoms with Crippen LogP contribution in [0.4, 0.5) is 5.69 Å². The van der Waals surface area contributed by atoms with Crippen molar-refractivity contribution >= 4 is 33.0 Å². The summed E-state index contributed by atoms with van der Waals surface area (Å²) in [5, 5.41) is 4.64. The third-order valence-electron chi connectivity index (χ3n) is 4.88. The lowest BCUT2D eigenvalue weighted by Gasteiger charge is -2.28. The maximum absolute atomic E-state index is 12.8. The number of nitrogens with one attached hydrogen (secondary N) is 1. The number of sulfonamides is 1. The quantitative estimate of drug-likeness (QED) is 0.671. The third-order valence-corrected chi connectivity index (χ3v) is 8.10. The maximum Gasteiger partial charge on any atom is 0.255 e. The molecular weight excluding hydrogens is 408 g/mol. The molecule has 0 aliphatic carbocycles. The summed E-state index contributed by atoms with van der Waals surface area (Å²) in [7, 11) is -1.92. The molecule has 0 spiro atoms. The van der Waals surface area contributed by atoms with Crippen molar-refractivity contribution in [2.45, 2.75) is 17.2 Å². The average Bonchev–Trinajstić information content (AvgIpc) is 3.29. The molecule has 4 rings (SSSR count). The Morgan fingerprint density at radius 2 is 1.90 bits per heavy atom. The zero-order valence-corrected chi connectivity index (χ0v) is 17.4. The van der Waals surface area contributed by atoms with E-state index < -0.39 is 10.0 Å². The van der Waals surface area contributed by atoms with Gasteiger partial charge in [0.2, 0.25) is 0 Å². The number of benzene rings is 2. The maximum atomic E-state index is 12.8. The molecule has 29 heavy (non-hydrogen) atoms. The largest absolute Gasteiger partial charge is 0.497 e. The molecule has 6 nitrogen and oxygen atoms in total. The van der Waals surface area contributed by atoms with Crippen LogP contribution in [0, 0.1) is 0 Å². The van der Waals surface area contributed by atoms with Gasteiger partial charge in [-0.05, 0) is 65.4 Å². The van der Waals surface area contributed by atoms with E-state index in [0.29, 0.717) is 40.7 Å². The number of methoxy groups -OCH3 is 1. The minimum absolute atomic E-state index is 0.230. The molecule has 0 fully saturated rings. The number of anilines is 1. The number of thiophene rings is 1. The molecule has 1 N–H and O–H groups in total. The fourth-order valence-corrected chi connectivity index (χ4v) is 5.86. The smallest absolute Gasteiger partial charge is 0.255 e. The van der Waals surface area contributed by atoms with Crippen molar-refractivity contribution < 1.29 is 17.9 Å². The SMILES string of the molecule is COc1ccc(C(=O)Nc2ccc3c(c2)CN(S(=O)(=O)c2cccs2)CC3)cc1. The van der Waals surface area contributed by atoms with E-state index >= 15 is 0 Å². The van der Waals surface area contributed by atoms with Gasteiger partial charge in [-0.2, -0.15) is 4.31 Å². The summed E-state index contributed by atoms with van der Waals surface area (Å²) in [6, 6.07) is 15.9. The predicted molar refractivity (Wildman–Crippen MR) is 113 cm³/mol. The van der Waals surface area contributed by atoms with Crippen molar-refractivity contribution in [3.05, 3.63) is 76.7 Å². The lowest BCUT2D eigenvalue weighted by Crippen LogP contribution is -2.35. The molecule has 0 atom stereocenters. The Morgan fingerprint density at radius 1 is 1.10 bits per heavy atom. The van der Waals surface area contributed by atoms with Crippen LogP contribution < -0.4 is 10.1 Å². The van der Waals surface area contributed by atoms with Crippen molar-refractivity contribution in [3.8, 4) is 5.75 Å². The fraction of sp³-hybridized carbons (Fsp3) is 0.190. The molecule has 0 saturated heterocycles. The van der Waals surface area contributed by atoms with Crippen LogP contribution in [0.3, 0.4) is 0 Å². The zero-order chi connectivity index (χ0) is 20.4. The van der Waals surface area contributed by atoms with Crippen LogP contribution in [-0.2, 0) is 23.0 Å². The molecule has 2 heterocycles. The van der Waals surface area contributed by atoms with Crippen LogP contribution in [0.5, 0.6) is 5.75 Å². The highest BCUT2D eigenvalue weighted by molar-refractivity contribution is 7.91. The van der Waals surface area contributed by atoms with E-state index in [1.54, 1.807) is 48.9 Å². The van der Waals surface area contributed by atoms with E-state index in [1.807, 2.05) is 18.2 Å². The Bertz CT molecular complexity index is 1120. The highest BCUT2D eigenvalue weighted by Gasteiger charge is 2.29. The minimum Gasteiger partial charge on any atom is -0.497 e. The normalized spacial score (nSPS) is 14.2. The minimum atomic E-state index is -3.49. The summed E-state index contributed by atoms with van der Waals surface area (Å²) in [4.78, 5) is 12.5. The Morgan fingerprint density at radius 3 is 2.59 bits per heavy atom. The number of carbonyl (C=O) groups is 1. The topological polar surface area (TPSA) is 75.7 Å². The molecule has 2 aromatic carbocycles. The van der Waals surface area contributed by atoms with Crippen molar-refractivity contribution in [2.24, 2.45) is 0 Å². The summed E-state index contributed by atoms with van der Waals surface area (Å²) in [6.45, 7) is 0.743. The van der Waals surface area contributed by atoms with Crippen molar-refractivity contribution in [3.63, 3.8) is 0 Å². The molecule has 1 amide bonds. The van der Waals surface area contributed by atoms with Gasteiger partial charge < -0.3 is 10.1 Å². The Hall–Kier alpha value is -2.68. The number of nitrogens with zero attached hydrogens (tertiary/aromatic N) is 1. The summed E-state index contributed by atoms with van der Waals surface area (Å²) in [6.07, 6.45) is 0.645. The van der Waals surface area contributed by atoms with Gasteiger partial charge in [-0.1, -0.05) is 12.1 Å². The predicted octanol–water partition coefficient (Wildman–Crippen LogP) is 3.76. The van der Waals surface area contributed by atoms with E-state index in [-0.39, 0.29) is 5.91 Å². The highest BCUT2D eigenvalue weighted by atomic mass is 32.2. The van der Waals surface area contributed by atoms with Crippen LogP contribution >= 0.6 is 11.3 Å². The van der Waals surface area contributed by atoms with E-state index in [0.717, 1.165) is 11.1 Å². The van der Waals surface area contributed by atoms with Crippen molar-refractivity contribution in [1.82, 2.24) is 4.31 Å². The second-order valence-corrected chi connectivity index (χ2v) is 9.80. The summed E-state index contributed by atoms with van der Waals surface area (Å²) < 4.78 is 32.6. The van der Waals surface area contributed by atoms with Crippen LogP contribution in [0.25, 0.3) is 0 Å². The number of amides is 1. The monoisotopic (exact) mass is 428 g/mol. The average molecular weight is 429 g/mol. The van der Waals surface area contributed by atoms with Crippen molar-refractivity contribution in [2.75, 3.05) is 19.0 Å². The van der Waals surface area contributed by atoms with E-state index in [9.17, 15) is 13.2 Å². The molecule has 0 saturated carbocycles. The van der Waals surface area contributed by atoms with Crippen LogP contribution in [0.2, 0.25) is 0 Å². The summed E-state index contributed by atoms with van der Waals surface area (Å²) in [5.74, 6) is 0.453. The van der Waals surface area contributed by atoms with Gasteiger partial charge in [0.15, 0.2) is 0 Å². The van der Waals surface area contributed by atoms with E-state index in [1.165, 1.54) is 15.6 Å². The lowest BCUT2D eigenvalue weighted by molar-refractivity contribution is 0.102. The molecule has 1 aliphatic rings. The number of hydrogen-bond donors (Lipinski definition) is 1. The first-order valence-electron chi connectivity index (χ1n) is 9.08. The summed E-state index contributed by atoms with van der Waals surface area (Å²) >= 11 is 1.22. The molecule has 0 bridgehead atoms. The molecule has 150 valence electrons. The second-order valence-electron chi connectivity index (χ2n) is 6.69. The summed E-state index contributed by atoms with van der Waals surface area (Å²) in [5.41, 5.74) is 3.17. The first kappa shape index (κ1) is 19.6. The van der Waals surface area contributed by atoms with E-state index in [4.69, 9.17) is 4.74 Å². The highest BCUT2D eigenvalue weighted by Crippen LogP contribution is 2.29. The Kier molecular flexibility index (Phi) is 5.40. The van der Waals surface area contributed by atoms with Crippen LogP contribution in [0.1, 0.15) is 21.5 Å². The van der Waals surface area contributed by atoms with Gasteiger partial charge in [-0.3, -0.25) is 4.79 Å². The molecule has 8 heteroatoms. The molecule has 1 aromatic heterocycles. The number of ether oxygens (including phenoxy) is 1.